The van der Waals surface area contributed by atoms with Crippen molar-refractivity contribution in [1.29, 1.82) is 0 Å². The van der Waals surface area contributed by atoms with Crippen LogP contribution in [0.15, 0.2) is 30.3 Å². The second kappa shape index (κ2) is 6.62. The van der Waals surface area contributed by atoms with Crippen LogP contribution in [-0.2, 0) is 17.4 Å². The van der Waals surface area contributed by atoms with Gasteiger partial charge in [-0.3, -0.25) is 4.79 Å². The van der Waals surface area contributed by atoms with E-state index >= 15 is 0 Å². The number of halogens is 3. The summed E-state index contributed by atoms with van der Waals surface area (Å²) in [5, 5.41) is 12.5. The van der Waals surface area contributed by atoms with Crippen LogP contribution >= 0.6 is 0 Å². The van der Waals surface area contributed by atoms with Crippen LogP contribution in [0.5, 0.6) is 5.75 Å². The van der Waals surface area contributed by atoms with Crippen LogP contribution in [0.25, 0.3) is 17.0 Å². The van der Waals surface area contributed by atoms with Crippen molar-refractivity contribution in [3.05, 3.63) is 41.9 Å². The van der Waals surface area contributed by atoms with Crippen molar-refractivity contribution in [3.63, 3.8) is 0 Å². The molecule has 0 aliphatic heterocycles. The lowest BCUT2D eigenvalue weighted by Gasteiger charge is -2.10. The van der Waals surface area contributed by atoms with Gasteiger partial charge in [-0.25, -0.2) is 4.98 Å². The van der Waals surface area contributed by atoms with Crippen LogP contribution < -0.4 is 4.74 Å². The molecule has 0 atom stereocenters. The molecule has 0 saturated heterocycles. The fourth-order valence-electron chi connectivity index (χ4n) is 2.37. The number of nitrogens with zero attached hydrogens (tertiary/aromatic N) is 4. The topological polar surface area (TPSA) is 89.6 Å². The van der Waals surface area contributed by atoms with Crippen LogP contribution in [0.3, 0.4) is 0 Å². The number of aromatic nitrogens is 4. The van der Waals surface area contributed by atoms with Crippen molar-refractivity contribution in [2.45, 2.75) is 19.0 Å². The largest absolute Gasteiger partial charge is 0.497 e. The molecule has 0 bridgehead atoms. The molecule has 26 heavy (non-hydrogen) atoms. The Balaban J connectivity index is 2.14. The molecule has 0 amide bonds. The summed E-state index contributed by atoms with van der Waals surface area (Å²) in [5.74, 6) is -0.891. The summed E-state index contributed by atoms with van der Waals surface area (Å²) in [6, 6.07) is 7.32. The molecule has 0 radical (unpaired) electrons. The van der Waals surface area contributed by atoms with E-state index in [0.717, 1.165) is 6.07 Å². The van der Waals surface area contributed by atoms with Gasteiger partial charge in [0.25, 0.3) is 5.78 Å². The van der Waals surface area contributed by atoms with Crippen molar-refractivity contribution in [3.8, 4) is 17.0 Å². The molecule has 0 saturated carbocycles. The number of benzene rings is 1. The number of hydrogen-bond donors (Lipinski definition) is 1. The Labute approximate surface area is 145 Å². The summed E-state index contributed by atoms with van der Waals surface area (Å²) >= 11 is 0. The van der Waals surface area contributed by atoms with E-state index in [0.29, 0.717) is 15.8 Å². The van der Waals surface area contributed by atoms with Crippen molar-refractivity contribution in [2.24, 2.45) is 0 Å². The highest BCUT2D eigenvalue weighted by molar-refractivity contribution is 5.67. The van der Waals surface area contributed by atoms with Crippen molar-refractivity contribution < 1.29 is 27.8 Å². The van der Waals surface area contributed by atoms with E-state index in [1.807, 2.05) is 0 Å². The minimum Gasteiger partial charge on any atom is -0.497 e. The molecule has 1 N–H and O–H groups in total. The Bertz CT molecular complexity index is 969. The molecule has 10 heteroatoms. The van der Waals surface area contributed by atoms with Gasteiger partial charge in [-0.15, -0.1) is 5.10 Å². The SMILES string of the molecule is COc1cccc(-c2cc(C(F)(F)F)n3nc(CCC(=O)O)nc3n2)c1. The predicted molar refractivity (Wildman–Crippen MR) is 83.7 cm³/mol. The maximum atomic E-state index is 13.4. The number of fused-ring (bicyclic) bond motifs is 1. The van der Waals surface area contributed by atoms with Gasteiger partial charge in [0, 0.05) is 12.0 Å². The first-order valence-corrected chi connectivity index (χ1v) is 7.48. The van der Waals surface area contributed by atoms with Crippen LogP contribution in [-0.4, -0.2) is 37.8 Å². The van der Waals surface area contributed by atoms with Crippen LogP contribution in [0.1, 0.15) is 17.9 Å². The molecule has 3 aromatic rings. The average molecular weight is 366 g/mol. The lowest BCUT2D eigenvalue weighted by molar-refractivity contribution is -0.142. The maximum absolute atomic E-state index is 13.4. The number of methoxy groups -OCH3 is 1. The first-order chi connectivity index (χ1) is 12.3. The zero-order valence-electron chi connectivity index (χ0n) is 13.5. The van der Waals surface area contributed by atoms with Crippen molar-refractivity contribution >= 4 is 11.7 Å². The highest BCUT2D eigenvalue weighted by Crippen LogP contribution is 2.32. The van der Waals surface area contributed by atoms with Crippen LogP contribution in [0.4, 0.5) is 13.2 Å². The standard InChI is InChI=1S/C16H13F3N4O3/c1-26-10-4-2-3-9(7-10)11-8-12(16(17,18)19)23-15(20-11)21-13(22-23)5-6-14(24)25/h2-4,7-8H,5-6H2,1H3,(H,24,25). The summed E-state index contributed by atoms with van der Waals surface area (Å²) in [7, 11) is 1.45. The van der Waals surface area contributed by atoms with Gasteiger partial charge < -0.3 is 9.84 Å². The van der Waals surface area contributed by atoms with Gasteiger partial charge in [0.05, 0.1) is 19.2 Å². The molecule has 0 unspecified atom stereocenters. The number of alkyl halides is 3. The van der Waals surface area contributed by atoms with Crippen LogP contribution in [0.2, 0.25) is 0 Å². The molecule has 0 aliphatic rings. The maximum Gasteiger partial charge on any atom is 0.433 e. The highest BCUT2D eigenvalue weighted by Gasteiger charge is 2.35. The first-order valence-electron chi connectivity index (χ1n) is 7.48. The molecule has 0 aliphatic carbocycles. The Morgan fingerprint density at radius 2 is 2.04 bits per heavy atom. The number of rotatable bonds is 5. The summed E-state index contributed by atoms with van der Waals surface area (Å²) in [6.45, 7) is 0. The zero-order chi connectivity index (χ0) is 18.9. The predicted octanol–water partition coefficient (Wildman–Crippen LogP) is 2.84. The molecule has 3 rings (SSSR count). The third-order valence-electron chi connectivity index (χ3n) is 3.57. The summed E-state index contributed by atoms with van der Waals surface area (Å²) in [4.78, 5) is 18.7. The number of carboxylic acids is 1. The number of carbonyl (C=O) groups is 1. The van der Waals surface area contributed by atoms with Gasteiger partial charge in [-0.1, -0.05) is 12.1 Å². The van der Waals surface area contributed by atoms with Crippen LogP contribution in [0, 0.1) is 0 Å². The molecule has 0 fully saturated rings. The summed E-state index contributed by atoms with van der Waals surface area (Å²) < 4.78 is 46.0. The Morgan fingerprint density at radius 3 is 2.69 bits per heavy atom. The minimum absolute atomic E-state index is 0.0202. The molecular formula is C16H13F3N4O3. The number of hydrogen-bond acceptors (Lipinski definition) is 5. The van der Waals surface area contributed by atoms with E-state index in [-0.39, 0.29) is 30.1 Å². The minimum atomic E-state index is -4.69. The molecule has 2 aromatic heterocycles. The first kappa shape index (κ1) is 17.6. The second-order valence-electron chi connectivity index (χ2n) is 5.39. The number of aliphatic carboxylic acids is 1. The molecule has 136 valence electrons. The lowest BCUT2D eigenvalue weighted by atomic mass is 10.1. The Kier molecular flexibility index (Phi) is 4.49. The quantitative estimate of drug-likeness (QED) is 0.747. The van der Waals surface area contributed by atoms with Gasteiger partial charge >= 0.3 is 12.1 Å². The van der Waals surface area contributed by atoms with Crippen molar-refractivity contribution in [1.82, 2.24) is 19.6 Å². The number of carboxylic acid groups (broad SMARTS) is 1. The second-order valence-corrected chi connectivity index (χ2v) is 5.39. The lowest BCUT2D eigenvalue weighted by Crippen LogP contribution is -2.14. The van der Waals surface area contributed by atoms with Gasteiger partial charge in [0.2, 0.25) is 0 Å². The smallest absolute Gasteiger partial charge is 0.433 e. The van der Waals surface area contributed by atoms with E-state index in [2.05, 4.69) is 15.1 Å². The van der Waals surface area contributed by atoms with E-state index < -0.39 is 17.8 Å². The fraction of sp³-hybridized carbons (Fsp3) is 0.250. The van der Waals surface area contributed by atoms with Gasteiger partial charge in [-0.05, 0) is 18.2 Å². The molecule has 0 spiro atoms. The molecule has 2 heterocycles. The van der Waals surface area contributed by atoms with Gasteiger partial charge in [-0.2, -0.15) is 22.7 Å². The number of aryl methyl sites for hydroxylation is 1. The summed E-state index contributed by atoms with van der Waals surface area (Å²) in [6.07, 6.45) is -5.07. The third kappa shape index (κ3) is 3.58. The third-order valence-corrected chi connectivity index (χ3v) is 3.57. The normalized spacial score (nSPS) is 11.7. The zero-order valence-corrected chi connectivity index (χ0v) is 13.5. The van der Waals surface area contributed by atoms with E-state index in [1.54, 1.807) is 24.3 Å². The molecule has 1 aromatic carbocycles. The molecule has 7 nitrogen and oxygen atoms in total. The van der Waals surface area contributed by atoms with Gasteiger partial charge in [0.1, 0.15) is 5.75 Å². The fourth-order valence-corrected chi connectivity index (χ4v) is 2.37. The molecular weight excluding hydrogens is 353 g/mol. The Morgan fingerprint density at radius 1 is 1.27 bits per heavy atom. The summed E-state index contributed by atoms with van der Waals surface area (Å²) in [5.41, 5.74) is -0.567. The van der Waals surface area contributed by atoms with E-state index in [4.69, 9.17) is 9.84 Å². The monoisotopic (exact) mass is 366 g/mol. The van der Waals surface area contributed by atoms with E-state index in [9.17, 15) is 18.0 Å². The number of ether oxygens (including phenoxy) is 1. The van der Waals surface area contributed by atoms with E-state index in [1.165, 1.54) is 7.11 Å². The van der Waals surface area contributed by atoms with Gasteiger partial charge in [0.15, 0.2) is 11.5 Å². The van der Waals surface area contributed by atoms with Crippen molar-refractivity contribution in [2.75, 3.05) is 7.11 Å². The average Bonchev–Trinajstić information content (AvgIpc) is 3.01. The Hall–Kier alpha value is -3.17. The highest BCUT2D eigenvalue weighted by atomic mass is 19.4.